The smallest absolute Gasteiger partial charge is 0.271 e. The lowest BCUT2D eigenvalue weighted by Crippen LogP contribution is -2.67. The number of rotatable bonds is 3. The Kier molecular flexibility index (Phi) is 6.00. The highest BCUT2D eigenvalue weighted by atomic mass is 16.2. The summed E-state index contributed by atoms with van der Waals surface area (Å²) in [5.41, 5.74) is 0.910. The van der Waals surface area contributed by atoms with Crippen molar-refractivity contribution in [2.75, 3.05) is 0 Å². The number of hydrogen-bond donors (Lipinski definition) is 1. The first-order valence-electron chi connectivity index (χ1n) is 12.8. The van der Waals surface area contributed by atoms with Gasteiger partial charge in [-0.2, -0.15) is 0 Å². The van der Waals surface area contributed by atoms with E-state index < -0.39 is 5.54 Å². The second-order valence-corrected chi connectivity index (χ2v) is 10.4. The van der Waals surface area contributed by atoms with Crippen molar-refractivity contribution in [3.63, 3.8) is 0 Å². The van der Waals surface area contributed by atoms with E-state index >= 15 is 0 Å². The molecule has 172 valence electrons. The maximum atomic E-state index is 14.0. The summed E-state index contributed by atoms with van der Waals surface area (Å²) in [6, 6.07) is 10.5. The molecule has 1 atom stereocenters. The Bertz CT molecular complexity index is 980. The number of aromatic nitrogens is 1. The minimum absolute atomic E-state index is 0.0258. The SMILES string of the molecule is C[C@]1(C(=O)NC2CCCCCC2)Cn2c(cc3ccccc32)C(=O)N1C1CCCCCC1. The molecule has 2 amide bonds. The van der Waals surface area contributed by atoms with E-state index in [-0.39, 0.29) is 23.9 Å². The molecular formula is C27H37N3O2. The molecule has 5 nitrogen and oxygen atoms in total. The molecule has 2 fully saturated rings. The van der Waals surface area contributed by atoms with Crippen LogP contribution in [0.4, 0.5) is 0 Å². The second-order valence-electron chi connectivity index (χ2n) is 10.4. The first kappa shape index (κ1) is 21.5. The molecule has 2 aliphatic carbocycles. The predicted octanol–water partition coefficient (Wildman–Crippen LogP) is 5.42. The number of fused-ring (bicyclic) bond motifs is 3. The molecule has 0 unspecified atom stereocenters. The van der Waals surface area contributed by atoms with E-state index in [1.165, 1.54) is 38.5 Å². The van der Waals surface area contributed by atoms with Crippen molar-refractivity contribution in [1.82, 2.24) is 14.8 Å². The number of para-hydroxylation sites is 1. The molecule has 2 heterocycles. The molecule has 0 radical (unpaired) electrons. The minimum atomic E-state index is -0.868. The van der Waals surface area contributed by atoms with E-state index in [0.717, 1.165) is 55.1 Å². The van der Waals surface area contributed by atoms with Crippen LogP contribution >= 0.6 is 0 Å². The van der Waals surface area contributed by atoms with Gasteiger partial charge in [-0.3, -0.25) is 9.59 Å². The van der Waals surface area contributed by atoms with Crippen molar-refractivity contribution < 1.29 is 9.59 Å². The highest BCUT2D eigenvalue weighted by molar-refractivity contribution is 6.03. The lowest BCUT2D eigenvalue weighted by molar-refractivity contribution is -0.135. The molecule has 1 aromatic carbocycles. The van der Waals surface area contributed by atoms with Gasteiger partial charge in [-0.1, -0.05) is 69.6 Å². The third-order valence-corrected chi connectivity index (χ3v) is 8.12. The molecule has 0 bridgehead atoms. The number of carbonyl (C=O) groups is 2. The van der Waals surface area contributed by atoms with Crippen LogP contribution in [0.1, 0.15) is 94.5 Å². The Balaban J connectivity index is 1.53. The molecule has 2 saturated carbocycles. The summed E-state index contributed by atoms with van der Waals surface area (Å²) in [6.07, 6.45) is 13.7. The van der Waals surface area contributed by atoms with Crippen molar-refractivity contribution in [3.8, 4) is 0 Å². The molecule has 0 spiro atoms. The van der Waals surface area contributed by atoms with Crippen LogP contribution in [0, 0.1) is 0 Å². The first-order chi connectivity index (χ1) is 15.6. The van der Waals surface area contributed by atoms with Gasteiger partial charge in [0.15, 0.2) is 0 Å². The summed E-state index contributed by atoms with van der Waals surface area (Å²) in [5, 5.41) is 4.47. The summed E-state index contributed by atoms with van der Waals surface area (Å²) >= 11 is 0. The van der Waals surface area contributed by atoms with Gasteiger partial charge >= 0.3 is 0 Å². The van der Waals surface area contributed by atoms with Crippen LogP contribution in [-0.2, 0) is 11.3 Å². The second kappa shape index (κ2) is 8.92. The zero-order valence-electron chi connectivity index (χ0n) is 19.4. The molecule has 5 rings (SSSR count). The maximum Gasteiger partial charge on any atom is 0.271 e. The molecule has 32 heavy (non-hydrogen) atoms. The fourth-order valence-electron chi connectivity index (χ4n) is 6.32. The summed E-state index contributed by atoms with van der Waals surface area (Å²) in [4.78, 5) is 29.9. The van der Waals surface area contributed by atoms with Crippen LogP contribution in [0.2, 0.25) is 0 Å². The third-order valence-electron chi connectivity index (χ3n) is 8.12. The van der Waals surface area contributed by atoms with Crippen LogP contribution in [0.3, 0.4) is 0 Å². The van der Waals surface area contributed by atoms with E-state index in [4.69, 9.17) is 0 Å². The standard InChI is InChI=1S/C27H37N3O2/c1-27(26(32)28-21-13-6-2-3-7-14-21)19-29-23-17-11-10-12-20(23)18-24(29)25(31)30(27)22-15-8-4-5-9-16-22/h10-12,17-18,21-22H,2-9,13-16,19H2,1H3,(H,28,32)/t27-/m1/s1. The summed E-state index contributed by atoms with van der Waals surface area (Å²) in [7, 11) is 0. The number of amides is 2. The monoisotopic (exact) mass is 435 g/mol. The number of hydrogen-bond acceptors (Lipinski definition) is 2. The molecule has 3 aliphatic rings. The van der Waals surface area contributed by atoms with Gasteiger partial charge in [0.05, 0.1) is 6.54 Å². The van der Waals surface area contributed by atoms with Gasteiger partial charge < -0.3 is 14.8 Å². The maximum absolute atomic E-state index is 14.0. The topological polar surface area (TPSA) is 54.3 Å². The van der Waals surface area contributed by atoms with Crippen molar-refractivity contribution >= 4 is 22.7 Å². The Labute approximate surface area is 191 Å². The molecular weight excluding hydrogens is 398 g/mol. The fourth-order valence-corrected chi connectivity index (χ4v) is 6.32. The van der Waals surface area contributed by atoms with Crippen molar-refractivity contribution in [2.24, 2.45) is 0 Å². The highest BCUT2D eigenvalue weighted by Gasteiger charge is 2.50. The largest absolute Gasteiger partial charge is 0.351 e. The van der Waals surface area contributed by atoms with Gasteiger partial charge in [0, 0.05) is 23.0 Å². The van der Waals surface area contributed by atoms with Gasteiger partial charge in [-0.05, 0) is 44.7 Å². The average molecular weight is 436 g/mol. The zero-order valence-corrected chi connectivity index (χ0v) is 19.4. The molecule has 1 aromatic heterocycles. The molecule has 1 N–H and O–H groups in total. The number of nitrogens with one attached hydrogen (secondary N) is 1. The van der Waals surface area contributed by atoms with Gasteiger partial charge in [-0.25, -0.2) is 0 Å². The Morgan fingerprint density at radius 3 is 2.25 bits per heavy atom. The molecule has 1 aliphatic heterocycles. The Morgan fingerprint density at radius 1 is 0.938 bits per heavy atom. The van der Waals surface area contributed by atoms with E-state index in [9.17, 15) is 9.59 Å². The van der Waals surface area contributed by atoms with Crippen LogP contribution in [0.25, 0.3) is 10.9 Å². The van der Waals surface area contributed by atoms with Crippen molar-refractivity contribution in [1.29, 1.82) is 0 Å². The molecule has 0 saturated heterocycles. The van der Waals surface area contributed by atoms with E-state index in [1.807, 2.05) is 30.0 Å². The van der Waals surface area contributed by atoms with Crippen molar-refractivity contribution in [3.05, 3.63) is 36.0 Å². The lowest BCUT2D eigenvalue weighted by Gasteiger charge is -2.48. The summed E-state index contributed by atoms with van der Waals surface area (Å²) in [5.74, 6) is 0.0586. The predicted molar refractivity (Wildman–Crippen MR) is 128 cm³/mol. The number of carbonyl (C=O) groups excluding carboxylic acids is 2. The van der Waals surface area contributed by atoms with Crippen molar-refractivity contribution in [2.45, 2.75) is 108 Å². The van der Waals surface area contributed by atoms with Gasteiger partial charge in [0.2, 0.25) is 5.91 Å². The van der Waals surface area contributed by atoms with Gasteiger partial charge in [-0.15, -0.1) is 0 Å². The summed E-state index contributed by atoms with van der Waals surface area (Å²) < 4.78 is 2.09. The lowest BCUT2D eigenvalue weighted by atomic mass is 9.89. The molecule has 2 aromatic rings. The number of benzene rings is 1. The number of nitrogens with zero attached hydrogens (tertiary/aromatic N) is 2. The van der Waals surface area contributed by atoms with Crippen LogP contribution in [0.15, 0.2) is 30.3 Å². The van der Waals surface area contributed by atoms with E-state index in [1.54, 1.807) is 0 Å². The normalized spacial score (nSPS) is 25.9. The fraction of sp³-hybridized carbons (Fsp3) is 0.630. The third kappa shape index (κ3) is 3.84. The highest BCUT2D eigenvalue weighted by Crippen LogP contribution is 2.37. The van der Waals surface area contributed by atoms with Crippen LogP contribution < -0.4 is 5.32 Å². The zero-order chi connectivity index (χ0) is 22.1. The summed E-state index contributed by atoms with van der Waals surface area (Å²) in [6.45, 7) is 2.54. The van der Waals surface area contributed by atoms with Crippen LogP contribution in [-0.4, -0.2) is 38.9 Å². The Morgan fingerprint density at radius 2 is 1.56 bits per heavy atom. The average Bonchev–Trinajstić information content (AvgIpc) is 2.99. The van der Waals surface area contributed by atoms with Gasteiger partial charge in [0.1, 0.15) is 11.2 Å². The van der Waals surface area contributed by atoms with E-state index in [2.05, 4.69) is 22.0 Å². The first-order valence-corrected chi connectivity index (χ1v) is 12.8. The molecule has 5 heteroatoms. The van der Waals surface area contributed by atoms with Gasteiger partial charge in [0.25, 0.3) is 5.91 Å². The quantitative estimate of drug-likeness (QED) is 0.655. The van der Waals surface area contributed by atoms with E-state index in [0.29, 0.717) is 6.54 Å². The Hall–Kier alpha value is -2.30. The minimum Gasteiger partial charge on any atom is -0.351 e. The van der Waals surface area contributed by atoms with Crippen LogP contribution in [0.5, 0.6) is 0 Å².